The Bertz CT molecular complexity index is 841. The highest BCUT2D eigenvalue weighted by Gasteiger charge is 2.12. The zero-order chi connectivity index (χ0) is 17.1. The number of halogens is 2. The van der Waals surface area contributed by atoms with Crippen LogP contribution >= 0.6 is 23.2 Å². The topological polar surface area (TPSA) is 42.7 Å². The fourth-order valence-corrected chi connectivity index (χ4v) is 2.77. The zero-order valence-corrected chi connectivity index (χ0v) is 15.1. The van der Waals surface area contributed by atoms with Gasteiger partial charge in [0, 0.05) is 35.2 Å². The summed E-state index contributed by atoms with van der Waals surface area (Å²) in [6.07, 6.45) is 4.76. The van der Waals surface area contributed by atoms with Crippen molar-refractivity contribution < 1.29 is 0 Å². The van der Waals surface area contributed by atoms with E-state index < -0.39 is 0 Å². The second-order valence-electron chi connectivity index (χ2n) is 5.38. The molecule has 2 heterocycles. The van der Waals surface area contributed by atoms with E-state index in [1.807, 2.05) is 30.3 Å². The highest BCUT2D eigenvalue weighted by Crippen LogP contribution is 2.28. The summed E-state index contributed by atoms with van der Waals surface area (Å²) < 4.78 is 2.11. The Hall–Kier alpha value is -2.04. The standard InChI is InChI=1S/C18H18Cl2N4/c1-3-14-11-24(4-2)18(23-14)12-9-16(20)17(21-10-12)22-15-7-5-13(19)6-8-15/h5-11H,3-4H2,1-2H3,(H,21,22). The van der Waals surface area contributed by atoms with Crippen LogP contribution in [0.1, 0.15) is 19.5 Å². The normalized spacial score (nSPS) is 10.8. The molecule has 6 heteroatoms. The van der Waals surface area contributed by atoms with Gasteiger partial charge in [-0.1, -0.05) is 30.1 Å². The minimum Gasteiger partial charge on any atom is -0.339 e. The van der Waals surface area contributed by atoms with Crippen LogP contribution in [0.25, 0.3) is 11.4 Å². The van der Waals surface area contributed by atoms with Gasteiger partial charge in [0.15, 0.2) is 0 Å². The van der Waals surface area contributed by atoms with E-state index in [0.717, 1.165) is 35.7 Å². The summed E-state index contributed by atoms with van der Waals surface area (Å²) in [4.78, 5) is 9.12. The van der Waals surface area contributed by atoms with Crippen molar-refractivity contribution in [2.75, 3.05) is 5.32 Å². The molecule has 0 amide bonds. The number of hydrogen-bond donors (Lipinski definition) is 1. The van der Waals surface area contributed by atoms with Gasteiger partial charge in [0.1, 0.15) is 11.6 Å². The van der Waals surface area contributed by atoms with Gasteiger partial charge in [-0.2, -0.15) is 0 Å². The van der Waals surface area contributed by atoms with Crippen molar-refractivity contribution in [3.05, 3.63) is 58.5 Å². The van der Waals surface area contributed by atoms with Crippen LogP contribution in [-0.4, -0.2) is 14.5 Å². The van der Waals surface area contributed by atoms with Gasteiger partial charge in [-0.15, -0.1) is 0 Å². The minimum absolute atomic E-state index is 0.547. The van der Waals surface area contributed by atoms with Gasteiger partial charge in [0.2, 0.25) is 0 Å². The monoisotopic (exact) mass is 360 g/mol. The van der Waals surface area contributed by atoms with Crippen LogP contribution in [0.2, 0.25) is 10.0 Å². The second kappa shape index (κ2) is 7.24. The van der Waals surface area contributed by atoms with Crippen molar-refractivity contribution in [3.8, 4) is 11.4 Å². The number of nitrogens with zero attached hydrogens (tertiary/aromatic N) is 3. The SMILES string of the molecule is CCc1cn(CC)c(-c2cnc(Nc3ccc(Cl)cc3)c(Cl)c2)n1. The average Bonchev–Trinajstić information content (AvgIpc) is 3.02. The van der Waals surface area contributed by atoms with Gasteiger partial charge in [0.25, 0.3) is 0 Å². The number of pyridine rings is 1. The van der Waals surface area contributed by atoms with E-state index in [4.69, 9.17) is 23.2 Å². The number of imidazole rings is 1. The largest absolute Gasteiger partial charge is 0.339 e. The first kappa shape index (κ1) is 16.8. The minimum atomic E-state index is 0.547. The lowest BCUT2D eigenvalue weighted by Gasteiger charge is -2.10. The third-order valence-electron chi connectivity index (χ3n) is 3.74. The smallest absolute Gasteiger partial charge is 0.149 e. The molecule has 0 unspecified atom stereocenters. The number of aryl methyl sites for hydroxylation is 2. The number of hydrogen-bond acceptors (Lipinski definition) is 3. The summed E-state index contributed by atoms with van der Waals surface area (Å²) in [5.74, 6) is 1.50. The molecule has 0 aliphatic carbocycles. The quantitative estimate of drug-likeness (QED) is 0.645. The summed E-state index contributed by atoms with van der Waals surface area (Å²) >= 11 is 12.3. The zero-order valence-electron chi connectivity index (χ0n) is 13.6. The number of benzene rings is 1. The van der Waals surface area contributed by atoms with Gasteiger partial charge in [-0.05, 0) is 43.7 Å². The van der Waals surface area contributed by atoms with Gasteiger partial charge in [0.05, 0.1) is 10.7 Å². The Morgan fingerprint density at radius 3 is 2.50 bits per heavy atom. The summed E-state index contributed by atoms with van der Waals surface area (Å²) in [5, 5.41) is 4.43. The van der Waals surface area contributed by atoms with Crippen LogP contribution in [0.15, 0.2) is 42.7 Å². The first-order valence-corrected chi connectivity index (χ1v) is 8.60. The lowest BCUT2D eigenvalue weighted by molar-refractivity contribution is 0.769. The van der Waals surface area contributed by atoms with E-state index in [9.17, 15) is 0 Å². The van der Waals surface area contributed by atoms with Crippen LogP contribution in [-0.2, 0) is 13.0 Å². The van der Waals surface area contributed by atoms with Crippen molar-refractivity contribution >= 4 is 34.7 Å². The molecule has 1 aromatic carbocycles. The molecule has 0 bridgehead atoms. The van der Waals surface area contributed by atoms with Crippen LogP contribution < -0.4 is 5.32 Å². The van der Waals surface area contributed by atoms with Crippen LogP contribution in [0.4, 0.5) is 11.5 Å². The first-order chi connectivity index (χ1) is 11.6. The van der Waals surface area contributed by atoms with E-state index in [0.29, 0.717) is 15.9 Å². The molecule has 0 aliphatic heterocycles. The summed E-state index contributed by atoms with van der Waals surface area (Å²) in [5.41, 5.74) is 2.85. The fraction of sp³-hybridized carbons (Fsp3) is 0.222. The first-order valence-electron chi connectivity index (χ1n) is 7.85. The summed E-state index contributed by atoms with van der Waals surface area (Å²) in [7, 11) is 0. The maximum atomic E-state index is 6.41. The molecule has 3 rings (SSSR count). The second-order valence-corrected chi connectivity index (χ2v) is 6.23. The third kappa shape index (κ3) is 3.55. The summed E-state index contributed by atoms with van der Waals surface area (Å²) in [6.45, 7) is 5.04. The van der Waals surface area contributed by atoms with E-state index >= 15 is 0 Å². The van der Waals surface area contributed by atoms with Crippen molar-refractivity contribution in [1.29, 1.82) is 0 Å². The number of anilines is 2. The molecule has 4 nitrogen and oxygen atoms in total. The van der Waals surface area contributed by atoms with Gasteiger partial charge >= 0.3 is 0 Å². The maximum Gasteiger partial charge on any atom is 0.149 e. The van der Waals surface area contributed by atoms with Gasteiger partial charge < -0.3 is 9.88 Å². The molecule has 0 saturated heterocycles. The Labute approximate surface area is 151 Å². The molecular formula is C18H18Cl2N4. The Balaban J connectivity index is 1.89. The Morgan fingerprint density at radius 2 is 1.88 bits per heavy atom. The molecule has 1 N–H and O–H groups in total. The number of nitrogens with one attached hydrogen (secondary N) is 1. The van der Waals surface area contributed by atoms with E-state index in [1.54, 1.807) is 6.20 Å². The predicted molar refractivity (Wildman–Crippen MR) is 100 cm³/mol. The highest BCUT2D eigenvalue weighted by atomic mass is 35.5. The fourth-order valence-electron chi connectivity index (χ4n) is 2.43. The van der Waals surface area contributed by atoms with Crippen LogP contribution in [0.3, 0.4) is 0 Å². The molecule has 24 heavy (non-hydrogen) atoms. The molecule has 0 saturated carbocycles. The molecule has 3 aromatic rings. The molecular weight excluding hydrogens is 343 g/mol. The molecule has 124 valence electrons. The third-order valence-corrected chi connectivity index (χ3v) is 4.28. The van der Waals surface area contributed by atoms with E-state index in [1.165, 1.54) is 0 Å². The van der Waals surface area contributed by atoms with Crippen molar-refractivity contribution in [1.82, 2.24) is 14.5 Å². The average molecular weight is 361 g/mol. The van der Waals surface area contributed by atoms with E-state index in [2.05, 4.69) is 39.9 Å². The maximum absolute atomic E-state index is 6.41. The Morgan fingerprint density at radius 1 is 1.12 bits per heavy atom. The molecule has 0 spiro atoms. The van der Waals surface area contributed by atoms with Crippen LogP contribution in [0, 0.1) is 0 Å². The van der Waals surface area contributed by atoms with E-state index in [-0.39, 0.29) is 0 Å². The predicted octanol–water partition coefficient (Wildman–Crippen LogP) is 5.58. The number of rotatable bonds is 5. The Kier molecular flexibility index (Phi) is 5.07. The van der Waals surface area contributed by atoms with Crippen molar-refractivity contribution in [2.24, 2.45) is 0 Å². The molecule has 0 aliphatic rings. The lowest BCUT2D eigenvalue weighted by Crippen LogP contribution is -1.99. The van der Waals surface area contributed by atoms with Crippen molar-refractivity contribution in [3.63, 3.8) is 0 Å². The molecule has 0 atom stereocenters. The van der Waals surface area contributed by atoms with Crippen molar-refractivity contribution in [2.45, 2.75) is 26.8 Å². The van der Waals surface area contributed by atoms with Crippen LogP contribution in [0.5, 0.6) is 0 Å². The highest BCUT2D eigenvalue weighted by molar-refractivity contribution is 6.33. The number of aromatic nitrogens is 3. The summed E-state index contributed by atoms with van der Waals surface area (Å²) in [6, 6.07) is 9.28. The lowest BCUT2D eigenvalue weighted by atomic mass is 10.2. The van der Waals surface area contributed by atoms with Gasteiger partial charge in [-0.3, -0.25) is 0 Å². The molecule has 0 radical (unpaired) electrons. The molecule has 2 aromatic heterocycles. The molecule has 0 fully saturated rings. The van der Waals surface area contributed by atoms with Gasteiger partial charge in [-0.25, -0.2) is 9.97 Å².